The summed E-state index contributed by atoms with van der Waals surface area (Å²) in [6.45, 7) is 8.74. The first kappa shape index (κ1) is 17.7. The van der Waals surface area contributed by atoms with Gasteiger partial charge in [0, 0.05) is 19.3 Å². The number of rotatable bonds is 5. The maximum atomic E-state index is 12.7. The topological polar surface area (TPSA) is 50.2 Å². The van der Waals surface area contributed by atoms with Crippen molar-refractivity contribution in [3.8, 4) is 0 Å². The summed E-state index contributed by atoms with van der Waals surface area (Å²) in [5.41, 5.74) is 4.92. The van der Waals surface area contributed by atoms with E-state index >= 15 is 0 Å². The van der Waals surface area contributed by atoms with Crippen molar-refractivity contribution in [2.45, 2.75) is 39.7 Å². The average molecular weight is 340 g/mol. The van der Waals surface area contributed by atoms with Gasteiger partial charge in [-0.05, 0) is 52.3 Å². The van der Waals surface area contributed by atoms with Crippen molar-refractivity contribution >= 4 is 5.91 Å². The molecule has 1 saturated heterocycles. The van der Waals surface area contributed by atoms with Gasteiger partial charge in [0.1, 0.15) is 0 Å². The Morgan fingerprint density at radius 3 is 2.36 bits per heavy atom. The second-order valence-electron chi connectivity index (χ2n) is 7.05. The summed E-state index contributed by atoms with van der Waals surface area (Å²) in [6, 6.07) is 8.89. The van der Waals surface area contributed by atoms with Gasteiger partial charge < -0.3 is 5.32 Å². The Hall–Kier alpha value is -2.14. The van der Waals surface area contributed by atoms with Crippen LogP contribution in [-0.4, -0.2) is 40.2 Å². The van der Waals surface area contributed by atoms with Crippen molar-refractivity contribution < 1.29 is 4.79 Å². The molecule has 3 rings (SSSR count). The maximum Gasteiger partial charge on any atom is 0.255 e. The maximum absolute atomic E-state index is 12.7. The van der Waals surface area contributed by atoms with E-state index in [4.69, 9.17) is 0 Å². The predicted molar refractivity (Wildman–Crippen MR) is 99.7 cm³/mol. The molecule has 5 nitrogen and oxygen atoms in total. The first-order valence-electron chi connectivity index (χ1n) is 9.06. The van der Waals surface area contributed by atoms with E-state index in [0.29, 0.717) is 12.1 Å². The number of likely N-dealkylation sites (tertiary alicyclic amines) is 1. The lowest BCUT2D eigenvalue weighted by Gasteiger charge is -2.28. The van der Waals surface area contributed by atoms with Crippen LogP contribution in [0, 0.1) is 20.8 Å². The monoisotopic (exact) mass is 340 g/mol. The molecule has 2 aromatic rings. The number of carbonyl (C=O) groups excluding carboxylic acids is 1. The molecule has 134 valence electrons. The zero-order valence-electron chi connectivity index (χ0n) is 15.7. The Balaban J connectivity index is 1.76. The van der Waals surface area contributed by atoms with E-state index in [1.54, 1.807) is 4.68 Å². The van der Waals surface area contributed by atoms with Crippen molar-refractivity contribution in [2.24, 2.45) is 7.05 Å². The molecule has 0 bridgehead atoms. The fourth-order valence-corrected chi connectivity index (χ4v) is 3.68. The summed E-state index contributed by atoms with van der Waals surface area (Å²) in [4.78, 5) is 15.2. The summed E-state index contributed by atoms with van der Waals surface area (Å²) < 4.78 is 1.77. The number of aryl methyl sites for hydroxylation is 3. The van der Waals surface area contributed by atoms with Crippen molar-refractivity contribution in [3.05, 3.63) is 52.3 Å². The van der Waals surface area contributed by atoms with Crippen molar-refractivity contribution in [2.75, 3.05) is 19.6 Å². The van der Waals surface area contributed by atoms with E-state index in [0.717, 1.165) is 24.5 Å². The lowest BCUT2D eigenvalue weighted by molar-refractivity contribution is 0.0936. The van der Waals surface area contributed by atoms with Crippen LogP contribution in [-0.2, 0) is 7.05 Å². The summed E-state index contributed by atoms with van der Waals surface area (Å²) in [5, 5.41) is 7.50. The summed E-state index contributed by atoms with van der Waals surface area (Å²) in [6.07, 6.45) is 2.47. The molecule has 2 heterocycles. The highest BCUT2D eigenvalue weighted by atomic mass is 16.1. The average Bonchev–Trinajstić information content (AvgIpc) is 3.18. The van der Waals surface area contributed by atoms with Gasteiger partial charge in [-0.2, -0.15) is 5.10 Å². The van der Waals surface area contributed by atoms with Crippen LogP contribution in [0.15, 0.2) is 24.3 Å². The summed E-state index contributed by atoms with van der Waals surface area (Å²) in [7, 11) is 1.87. The normalized spacial score (nSPS) is 16.2. The van der Waals surface area contributed by atoms with Gasteiger partial charge in [-0.3, -0.25) is 14.4 Å². The fourth-order valence-electron chi connectivity index (χ4n) is 3.68. The molecule has 5 heteroatoms. The number of nitrogens with zero attached hydrogens (tertiary/aromatic N) is 3. The molecule has 0 spiro atoms. The first-order valence-corrected chi connectivity index (χ1v) is 9.06. The second kappa shape index (κ2) is 7.40. The van der Waals surface area contributed by atoms with Crippen LogP contribution in [0.5, 0.6) is 0 Å². The molecule has 1 fully saturated rings. The fraction of sp³-hybridized carbons (Fsp3) is 0.500. The smallest absolute Gasteiger partial charge is 0.255 e. The molecule has 0 unspecified atom stereocenters. The molecule has 0 aliphatic carbocycles. The summed E-state index contributed by atoms with van der Waals surface area (Å²) >= 11 is 0. The van der Waals surface area contributed by atoms with Gasteiger partial charge in [0.25, 0.3) is 5.91 Å². The highest BCUT2D eigenvalue weighted by Crippen LogP contribution is 2.25. The molecule has 1 atom stereocenters. The lowest BCUT2D eigenvalue weighted by Crippen LogP contribution is -2.37. The van der Waals surface area contributed by atoms with Gasteiger partial charge in [-0.1, -0.05) is 29.8 Å². The van der Waals surface area contributed by atoms with E-state index in [1.807, 2.05) is 20.9 Å². The third-order valence-corrected chi connectivity index (χ3v) is 5.24. The number of amides is 1. The van der Waals surface area contributed by atoms with Crippen molar-refractivity contribution in [1.82, 2.24) is 20.0 Å². The van der Waals surface area contributed by atoms with Crippen LogP contribution in [0.1, 0.15) is 51.8 Å². The van der Waals surface area contributed by atoms with Gasteiger partial charge in [-0.25, -0.2) is 0 Å². The van der Waals surface area contributed by atoms with E-state index in [-0.39, 0.29) is 11.9 Å². The van der Waals surface area contributed by atoms with Crippen LogP contribution in [0.2, 0.25) is 0 Å². The Morgan fingerprint density at radius 1 is 1.16 bits per heavy atom. The molecule has 1 amide bonds. The minimum Gasteiger partial charge on any atom is -0.350 e. The predicted octanol–water partition coefficient (Wildman–Crippen LogP) is 2.91. The molecule has 1 aliphatic heterocycles. The van der Waals surface area contributed by atoms with Crippen LogP contribution in [0.3, 0.4) is 0 Å². The van der Waals surface area contributed by atoms with E-state index in [1.165, 1.54) is 24.0 Å². The molecule has 1 N–H and O–H groups in total. The van der Waals surface area contributed by atoms with Gasteiger partial charge in [0.05, 0.1) is 17.3 Å². The number of carbonyl (C=O) groups is 1. The number of aromatic nitrogens is 2. The molecular weight excluding hydrogens is 312 g/mol. The minimum atomic E-state index is -0.0283. The van der Waals surface area contributed by atoms with Crippen LogP contribution in [0.4, 0.5) is 0 Å². The SMILES string of the molecule is Cc1ccc([C@H](CNC(=O)c2c(C)nn(C)c2C)N2CCCC2)cc1. The van der Waals surface area contributed by atoms with Gasteiger partial charge >= 0.3 is 0 Å². The Labute approximate surface area is 150 Å². The van der Waals surface area contributed by atoms with E-state index in [2.05, 4.69) is 46.5 Å². The van der Waals surface area contributed by atoms with Crippen LogP contribution >= 0.6 is 0 Å². The number of hydrogen-bond acceptors (Lipinski definition) is 3. The Kier molecular flexibility index (Phi) is 5.23. The Morgan fingerprint density at radius 2 is 1.80 bits per heavy atom. The minimum absolute atomic E-state index is 0.0283. The standard InChI is InChI=1S/C20H28N4O/c1-14-7-9-17(10-8-14)18(24-11-5-6-12-24)13-21-20(25)19-15(2)22-23(4)16(19)3/h7-10,18H,5-6,11-13H2,1-4H3,(H,21,25)/t18-/m0/s1. The molecule has 0 radical (unpaired) electrons. The third kappa shape index (κ3) is 3.76. The molecule has 1 aliphatic rings. The van der Waals surface area contributed by atoms with E-state index in [9.17, 15) is 4.79 Å². The van der Waals surface area contributed by atoms with Crippen LogP contribution in [0.25, 0.3) is 0 Å². The highest BCUT2D eigenvalue weighted by Gasteiger charge is 2.25. The molecule has 25 heavy (non-hydrogen) atoms. The molecule has 0 saturated carbocycles. The Bertz CT molecular complexity index is 742. The molecule has 1 aromatic heterocycles. The van der Waals surface area contributed by atoms with Gasteiger partial charge in [0.15, 0.2) is 0 Å². The second-order valence-corrected chi connectivity index (χ2v) is 7.05. The number of hydrogen-bond donors (Lipinski definition) is 1. The van der Waals surface area contributed by atoms with E-state index < -0.39 is 0 Å². The number of nitrogens with one attached hydrogen (secondary N) is 1. The quantitative estimate of drug-likeness (QED) is 0.910. The zero-order chi connectivity index (χ0) is 18.0. The third-order valence-electron chi connectivity index (χ3n) is 5.24. The lowest BCUT2D eigenvalue weighted by atomic mass is 10.0. The zero-order valence-corrected chi connectivity index (χ0v) is 15.7. The largest absolute Gasteiger partial charge is 0.350 e. The highest BCUT2D eigenvalue weighted by molar-refractivity contribution is 5.96. The summed E-state index contributed by atoms with van der Waals surface area (Å²) in [5.74, 6) is -0.0283. The number of benzene rings is 1. The van der Waals surface area contributed by atoms with Gasteiger partial charge in [0.2, 0.25) is 0 Å². The molecular formula is C20H28N4O. The van der Waals surface area contributed by atoms with Crippen molar-refractivity contribution in [3.63, 3.8) is 0 Å². The van der Waals surface area contributed by atoms with Crippen LogP contribution < -0.4 is 5.32 Å². The van der Waals surface area contributed by atoms with Crippen molar-refractivity contribution in [1.29, 1.82) is 0 Å². The first-order chi connectivity index (χ1) is 12.0. The van der Waals surface area contributed by atoms with Gasteiger partial charge in [-0.15, -0.1) is 0 Å². The molecule has 1 aromatic carbocycles.